The van der Waals surface area contributed by atoms with Crippen LogP contribution in [0.15, 0.2) is 0 Å². The molecule has 1 aliphatic rings. The van der Waals surface area contributed by atoms with E-state index in [-0.39, 0.29) is 17.0 Å². The predicted octanol–water partition coefficient (Wildman–Crippen LogP) is 0.863. The predicted molar refractivity (Wildman–Crippen MR) is 64.2 cm³/mol. The molecule has 0 radical (unpaired) electrons. The lowest BCUT2D eigenvalue weighted by atomic mass is 10.0. The molecule has 94 valence electrons. The van der Waals surface area contributed by atoms with Crippen molar-refractivity contribution in [2.24, 2.45) is 0 Å². The van der Waals surface area contributed by atoms with Crippen LogP contribution in [-0.4, -0.2) is 49.7 Å². The van der Waals surface area contributed by atoms with Crippen LogP contribution in [-0.2, 0) is 14.6 Å². The van der Waals surface area contributed by atoms with Gasteiger partial charge in [0, 0.05) is 6.54 Å². The maximum Gasteiger partial charge on any atom is 0.153 e. The number of nitrogens with zero attached hydrogens (tertiary/aromatic N) is 1. The largest absolute Gasteiger partial charge is 0.302 e. The number of aldehydes is 1. The lowest BCUT2D eigenvalue weighted by molar-refractivity contribution is -0.113. The van der Waals surface area contributed by atoms with Crippen molar-refractivity contribution in [1.29, 1.82) is 0 Å². The van der Waals surface area contributed by atoms with Gasteiger partial charge >= 0.3 is 0 Å². The van der Waals surface area contributed by atoms with Gasteiger partial charge in [0.25, 0.3) is 0 Å². The van der Waals surface area contributed by atoms with E-state index in [4.69, 9.17) is 0 Å². The van der Waals surface area contributed by atoms with Crippen molar-refractivity contribution in [2.75, 3.05) is 18.8 Å². The van der Waals surface area contributed by atoms with E-state index in [9.17, 15) is 13.2 Å². The fraction of sp³-hybridized carbons (Fsp3) is 0.909. The summed E-state index contributed by atoms with van der Waals surface area (Å²) in [6, 6.07) is -0.0730. The third-order valence-corrected chi connectivity index (χ3v) is 5.39. The second-order valence-corrected chi connectivity index (χ2v) is 7.33. The number of carbonyl (C=O) groups excluding carboxylic acids is 1. The molecular weight excluding hydrogens is 226 g/mol. The van der Waals surface area contributed by atoms with Gasteiger partial charge in [-0.15, -0.1) is 0 Å². The third-order valence-electron chi connectivity index (χ3n) is 3.20. The van der Waals surface area contributed by atoms with Crippen molar-refractivity contribution in [3.8, 4) is 0 Å². The molecule has 1 heterocycles. The maximum absolute atomic E-state index is 11.7. The highest BCUT2D eigenvalue weighted by Gasteiger charge is 2.24. The summed E-state index contributed by atoms with van der Waals surface area (Å²) in [5.74, 6) is 0.162. The number of likely N-dealkylation sites (tertiary alicyclic amines) is 1. The Hall–Kier alpha value is -0.420. The molecule has 0 aliphatic carbocycles. The average Bonchev–Trinajstić information content (AvgIpc) is 2.26. The van der Waals surface area contributed by atoms with Crippen LogP contribution in [0.2, 0.25) is 0 Å². The monoisotopic (exact) mass is 247 g/mol. The Kier molecular flexibility index (Phi) is 4.92. The molecule has 0 aromatic carbocycles. The zero-order valence-electron chi connectivity index (χ0n) is 10.1. The van der Waals surface area contributed by atoms with Gasteiger partial charge in [0.2, 0.25) is 0 Å². The molecule has 0 bridgehead atoms. The molecule has 0 spiro atoms. The van der Waals surface area contributed by atoms with Crippen molar-refractivity contribution in [3.05, 3.63) is 0 Å². The fourth-order valence-electron chi connectivity index (χ4n) is 1.93. The molecule has 1 saturated heterocycles. The summed E-state index contributed by atoms with van der Waals surface area (Å²) in [5, 5.41) is -0.327. The fourth-order valence-corrected chi connectivity index (χ4v) is 2.89. The van der Waals surface area contributed by atoms with Crippen molar-refractivity contribution >= 4 is 16.1 Å². The van der Waals surface area contributed by atoms with Crippen LogP contribution >= 0.6 is 0 Å². The van der Waals surface area contributed by atoms with Gasteiger partial charge in [-0.25, -0.2) is 8.42 Å². The summed E-state index contributed by atoms with van der Waals surface area (Å²) in [4.78, 5) is 12.8. The Morgan fingerprint density at radius 3 is 2.62 bits per heavy atom. The summed E-state index contributed by atoms with van der Waals surface area (Å²) in [5.41, 5.74) is 0. The molecule has 1 fully saturated rings. The molecule has 1 aliphatic heterocycles. The number of rotatable bonds is 5. The SMILES string of the molecule is CC(C)S(=O)(=O)CCN1CCCCC1C=O. The first-order valence-corrected chi connectivity index (χ1v) is 7.60. The van der Waals surface area contributed by atoms with Gasteiger partial charge in [0.15, 0.2) is 9.84 Å². The van der Waals surface area contributed by atoms with Crippen molar-refractivity contribution in [3.63, 3.8) is 0 Å². The first kappa shape index (κ1) is 13.6. The van der Waals surface area contributed by atoms with E-state index in [1.165, 1.54) is 0 Å². The number of hydrogen-bond acceptors (Lipinski definition) is 4. The highest BCUT2D eigenvalue weighted by molar-refractivity contribution is 7.92. The zero-order chi connectivity index (χ0) is 12.2. The van der Waals surface area contributed by atoms with Gasteiger partial charge in [-0.05, 0) is 33.2 Å². The number of sulfone groups is 1. The molecule has 0 amide bonds. The lowest BCUT2D eigenvalue weighted by Crippen LogP contribution is -2.43. The second-order valence-electron chi connectivity index (χ2n) is 4.65. The number of carbonyl (C=O) groups is 1. The van der Waals surface area contributed by atoms with Crippen molar-refractivity contribution < 1.29 is 13.2 Å². The van der Waals surface area contributed by atoms with E-state index in [0.717, 1.165) is 32.1 Å². The molecule has 1 unspecified atom stereocenters. The number of hydrogen-bond donors (Lipinski definition) is 0. The first-order chi connectivity index (χ1) is 7.47. The van der Waals surface area contributed by atoms with Crippen LogP contribution in [0.5, 0.6) is 0 Å². The van der Waals surface area contributed by atoms with Crippen LogP contribution in [0.1, 0.15) is 33.1 Å². The quantitative estimate of drug-likeness (QED) is 0.676. The van der Waals surface area contributed by atoms with Gasteiger partial charge < -0.3 is 4.79 Å². The van der Waals surface area contributed by atoms with Crippen molar-refractivity contribution in [1.82, 2.24) is 4.90 Å². The highest BCUT2D eigenvalue weighted by Crippen LogP contribution is 2.15. The van der Waals surface area contributed by atoms with E-state index in [1.807, 2.05) is 4.90 Å². The van der Waals surface area contributed by atoms with Gasteiger partial charge in [-0.1, -0.05) is 6.42 Å². The zero-order valence-corrected chi connectivity index (χ0v) is 10.9. The summed E-state index contributed by atoms with van der Waals surface area (Å²) in [6.45, 7) is 4.73. The Bertz CT molecular complexity index is 324. The molecule has 16 heavy (non-hydrogen) atoms. The molecule has 0 N–H and O–H groups in total. The minimum Gasteiger partial charge on any atom is -0.302 e. The molecule has 0 saturated carbocycles. The Morgan fingerprint density at radius 1 is 1.38 bits per heavy atom. The molecule has 1 atom stereocenters. The normalized spacial score (nSPS) is 23.6. The van der Waals surface area contributed by atoms with Gasteiger partial charge in [-0.2, -0.15) is 0 Å². The van der Waals surface area contributed by atoms with Crippen LogP contribution in [0, 0.1) is 0 Å². The average molecular weight is 247 g/mol. The molecule has 4 nitrogen and oxygen atoms in total. The van der Waals surface area contributed by atoms with E-state index >= 15 is 0 Å². The number of piperidine rings is 1. The van der Waals surface area contributed by atoms with Gasteiger partial charge in [0.05, 0.1) is 17.0 Å². The molecule has 0 aromatic rings. The first-order valence-electron chi connectivity index (χ1n) is 5.88. The lowest BCUT2D eigenvalue weighted by Gasteiger charge is -2.32. The Labute approximate surface area is 97.9 Å². The summed E-state index contributed by atoms with van der Waals surface area (Å²) in [6.07, 6.45) is 3.94. The smallest absolute Gasteiger partial charge is 0.153 e. The van der Waals surface area contributed by atoms with Gasteiger partial charge in [-0.3, -0.25) is 4.90 Å². The minimum absolute atomic E-state index is 0.0730. The van der Waals surface area contributed by atoms with E-state index in [2.05, 4.69) is 0 Å². The molecule has 1 rings (SSSR count). The second kappa shape index (κ2) is 5.77. The van der Waals surface area contributed by atoms with E-state index in [0.29, 0.717) is 6.54 Å². The summed E-state index contributed by atoms with van der Waals surface area (Å²) < 4.78 is 23.3. The van der Waals surface area contributed by atoms with Crippen LogP contribution in [0.3, 0.4) is 0 Å². The Morgan fingerprint density at radius 2 is 2.06 bits per heavy atom. The molecule has 0 aromatic heterocycles. The van der Waals surface area contributed by atoms with Crippen molar-refractivity contribution in [2.45, 2.75) is 44.4 Å². The van der Waals surface area contributed by atoms with E-state index < -0.39 is 9.84 Å². The van der Waals surface area contributed by atoms with Crippen LogP contribution < -0.4 is 0 Å². The van der Waals surface area contributed by atoms with E-state index in [1.54, 1.807) is 13.8 Å². The van der Waals surface area contributed by atoms with Crippen LogP contribution in [0.25, 0.3) is 0 Å². The highest BCUT2D eigenvalue weighted by atomic mass is 32.2. The topological polar surface area (TPSA) is 54.5 Å². The standard InChI is InChI=1S/C11H21NO3S/c1-10(2)16(14,15)8-7-12-6-4-3-5-11(12)9-13/h9-11H,3-8H2,1-2H3. The molecule has 5 heteroatoms. The maximum atomic E-state index is 11.7. The molecular formula is C11H21NO3S. The minimum atomic E-state index is -2.99. The Balaban J connectivity index is 2.50. The van der Waals surface area contributed by atoms with Gasteiger partial charge in [0.1, 0.15) is 6.29 Å². The van der Waals surface area contributed by atoms with Crippen LogP contribution in [0.4, 0.5) is 0 Å². The summed E-state index contributed by atoms with van der Waals surface area (Å²) in [7, 11) is -2.99. The summed E-state index contributed by atoms with van der Waals surface area (Å²) >= 11 is 0. The third kappa shape index (κ3) is 3.56.